The molecular weight excluding hydrogens is 218 g/mol. The maximum absolute atomic E-state index is 5.71. The molecule has 0 saturated heterocycles. The van der Waals surface area contributed by atoms with Crippen LogP contribution in [-0.4, -0.2) is 10.6 Å². The Morgan fingerprint density at radius 2 is 1.81 bits per heavy atom. The van der Waals surface area contributed by atoms with Gasteiger partial charge in [0, 0.05) is 10.9 Å². The summed E-state index contributed by atoms with van der Waals surface area (Å²) in [5.74, 6) is 0. The lowest BCUT2D eigenvalue weighted by Gasteiger charge is -2.18. The minimum atomic E-state index is -0.189. The highest BCUT2D eigenvalue weighted by molar-refractivity contribution is 7.11. The van der Waals surface area contributed by atoms with Crippen molar-refractivity contribution in [2.75, 3.05) is 0 Å². The zero-order valence-corrected chi connectivity index (χ0v) is 10.5. The standard InChI is InChI=1S/C13H15NOS/c1-13(2,3)15-12-14-11(9-16-12)10-7-5-4-6-8-10/h4-9H,1-3H3. The van der Waals surface area contributed by atoms with Crippen LogP contribution in [0.25, 0.3) is 11.3 Å². The van der Waals surface area contributed by atoms with E-state index in [4.69, 9.17) is 4.74 Å². The molecule has 0 aliphatic rings. The summed E-state index contributed by atoms with van der Waals surface area (Å²) in [6, 6.07) is 10.1. The summed E-state index contributed by atoms with van der Waals surface area (Å²) < 4.78 is 5.71. The van der Waals surface area contributed by atoms with E-state index in [1.54, 1.807) is 0 Å². The molecule has 1 heterocycles. The third kappa shape index (κ3) is 2.83. The molecule has 0 fully saturated rings. The number of hydrogen-bond acceptors (Lipinski definition) is 3. The van der Waals surface area contributed by atoms with Crippen molar-refractivity contribution < 1.29 is 4.74 Å². The summed E-state index contributed by atoms with van der Waals surface area (Å²) >= 11 is 1.54. The van der Waals surface area contributed by atoms with Crippen LogP contribution in [0.15, 0.2) is 35.7 Å². The quantitative estimate of drug-likeness (QED) is 0.782. The minimum absolute atomic E-state index is 0.189. The van der Waals surface area contributed by atoms with Crippen LogP contribution >= 0.6 is 11.3 Å². The molecule has 0 bridgehead atoms. The van der Waals surface area contributed by atoms with Gasteiger partial charge in [-0.15, -0.1) is 0 Å². The monoisotopic (exact) mass is 233 g/mol. The Kier molecular flexibility index (Phi) is 2.97. The average Bonchev–Trinajstić information content (AvgIpc) is 2.65. The molecule has 0 spiro atoms. The first kappa shape index (κ1) is 11.1. The number of rotatable bonds is 2. The van der Waals surface area contributed by atoms with Gasteiger partial charge in [-0.2, -0.15) is 0 Å². The van der Waals surface area contributed by atoms with Gasteiger partial charge in [-0.1, -0.05) is 41.7 Å². The maximum Gasteiger partial charge on any atom is 0.274 e. The lowest BCUT2D eigenvalue weighted by molar-refractivity contribution is 0.130. The van der Waals surface area contributed by atoms with Crippen molar-refractivity contribution in [1.82, 2.24) is 4.98 Å². The second-order valence-electron chi connectivity index (χ2n) is 4.58. The molecule has 16 heavy (non-hydrogen) atoms. The van der Waals surface area contributed by atoms with Gasteiger partial charge in [0.1, 0.15) is 5.60 Å². The van der Waals surface area contributed by atoms with E-state index >= 15 is 0 Å². The van der Waals surface area contributed by atoms with Crippen LogP contribution in [-0.2, 0) is 0 Å². The van der Waals surface area contributed by atoms with E-state index in [1.165, 1.54) is 11.3 Å². The van der Waals surface area contributed by atoms with Gasteiger partial charge in [0.25, 0.3) is 5.19 Å². The van der Waals surface area contributed by atoms with E-state index in [0.29, 0.717) is 0 Å². The molecule has 2 nitrogen and oxygen atoms in total. The maximum atomic E-state index is 5.71. The third-order valence-corrected chi connectivity index (χ3v) is 2.66. The normalized spacial score (nSPS) is 11.4. The first-order valence-corrected chi connectivity index (χ1v) is 6.12. The van der Waals surface area contributed by atoms with Gasteiger partial charge in [0.15, 0.2) is 0 Å². The molecule has 0 N–H and O–H groups in total. The van der Waals surface area contributed by atoms with E-state index in [0.717, 1.165) is 16.5 Å². The Morgan fingerprint density at radius 1 is 1.12 bits per heavy atom. The van der Waals surface area contributed by atoms with Crippen LogP contribution < -0.4 is 4.74 Å². The molecule has 2 aromatic rings. The SMILES string of the molecule is CC(C)(C)Oc1nc(-c2ccccc2)cs1. The van der Waals surface area contributed by atoms with Crippen LogP contribution in [0.5, 0.6) is 5.19 Å². The molecule has 84 valence electrons. The first-order valence-electron chi connectivity index (χ1n) is 5.24. The van der Waals surface area contributed by atoms with Crippen molar-refractivity contribution in [3.63, 3.8) is 0 Å². The zero-order chi connectivity index (χ0) is 11.6. The van der Waals surface area contributed by atoms with Gasteiger partial charge in [0.2, 0.25) is 0 Å². The summed E-state index contributed by atoms with van der Waals surface area (Å²) in [6.07, 6.45) is 0. The fourth-order valence-electron chi connectivity index (χ4n) is 1.31. The van der Waals surface area contributed by atoms with Gasteiger partial charge in [-0.3, -0.25) is 0 Å². The summed E-state index contributed by atoms with van der Waals surface area (Å²) in [5, 5.41) is 2.75. The van der Waals surface area contributed by atoms with E-state index in [1.807, 2.05) is 44.4 Å². The lowest BCUT2D eigenvalue weighted by atomic mass is 10.2. The summed E-state index contributed by atoms with van der Waals surface area (Å²) in [5.41, 5.74) is 1.92. The van der Waals surface area contributed by atoms with Gasteiger partial charge >= 0.3 is 0 Å². The van der Waals surface area contributed by atoms with E-state index < -0.39 is 0 Å². The minimum Gasteiger partial charge on any atom is -0.464 e. The number of benzene rings is 1. The summed E-state index contributed by atoms with van der Waals surface area (Å²) in [6.45, 7) is 6.07. The molecule has 1 aromatic carbocycles. The van der Waals surface area contributed by atoms with Crippen LogP contribution in [0.3, 0.4) is 0 Å². The van der Waals surface area contributed by atoms with E-state index in [2.05, 4.69) is 17.1 Å². The second-order valence-corrected chi connectivity index (χ2v) is 5.40. The molecule has 0 saturated carbocycles. The predicted molar refractivity (Wildman–Crippen MR) is 67.9 cm³/mol. The van der Waals surface area contributed by atoms with Crippen molar-refractivity contribution >= 4 is 11.3 Å². The average molecular weight is 233 g/mol. The third-order valence-electron chi connectivity index (χ3n) is 1.95. The number of hydrogen-bond donors (Lipinski definition) is 0. The van der Waals surface area contributed by atoms with Crippen molar-refractivity contribution in [2.45, 2.75) is 26.4 Å². The fourth-order valence-corrected chi connectivity index (χ4v) is 2.16. The Morgan fingerprint density at radius 3 is 2.44 bits per heavy atom. The topological polar surface area (TPSA) is 22.1 Å². The molecule has 0 atom stereocenters. The molecule has 0 unspecified atom stereocenters. The number of aromatic nitrogens is 1. The molecule has 3 heteroatoms. The Hall–Kier alpha value is -1.35. The van der Waals surface area contributed by atoms with Crippen molar-refractivity contribution in [3.05, 3.63) is 35.7 Å². The second kappa shape index (κ2) is 4.26. The highest BCUT2D eigenvalue weighted by Gasteiger charge is 2.14. The van der Waals surface area contributed by atoms with Crippen LogP contribution in [0.4, 0.5) is 0 Å². The van der Waals surface area contributed by atoms with Gasteiger partial charge in [0.05, 0.1) is 5.69 Å². The Balaban J connectivity index is 2.21. The van der Waals surface area contributed by atoms with Crippen LogP contribution in [0, 0.1) is 0 Å². The summed E-state index contributed by atoms with van der Waals surface area (Å²) in [4.78, 5) is 4.46. The predicted octanol–water partition coefficient (Wildman–Crippen LogP) is 3.99. The molecule has 0 radical (unpaired) electrons. The van der Waals surface area contributed by atoms with Crippen molar-refractivity contribution in [2.24, 2.45) is 0 Å². The van der Waals surface area contributed by atoms with Gasteiger partial charge in [-0.05, 0) is 20.8 Å². The van der Waals surface area contributed by atoms with Crippen molar-refractivity contribution in [3.8, 4) is 16.5 Å². The molecular formula is C13H15NOS. The first-order chi connectivity index (χ1) is 7.54. The highest BCUT2D eigenvalue weighted by Crippen LogP contribution is 2.28. The van der Waals surface area contributed by atoms with Crippen LogP contribution in [0.2, 0.25) is 0 Å². The van der Waals surface area contributed by atoms with Crippen molar-refractivity contribution in [1.29, 1.82) is 0 Å². The molecule has 0 amide bonds. The van der Waals surface area contributed by atoms with E-state index in [-0.39, 0.29) is 5.60 Å². The van der Waals surface area contributed by atoms with Gasteiger partial charge in [-0.25, -0.2) is 4.98 Å². The van der Waals surface area contributed by atoms with E-state index in [9.17, 15) is 0 Å². The number of nitrogens with zero attached hydrogens (tertiary/aromatic N) is 1. The van der Waals surface area contributed by atoms with Gasteiger partial charge < -0.3 is 4.74 Å². The molecule has 2 rings (SSSR count). The molecule has 1 aromatic heterocycles. The number of thiazole rings is 1. The molecule has 0 aliphatic carbocycles. The fraction of sp³-hybridized carbons (Fsp3) is 0.308. The largest absolute Gasteiger partial charge is 0.464 e. The lowest BCUT2D eigenvalue weighted by Crippen LogP contribution is -2.22. The number of ether oxygens (including phenoxy) is 1. The Labute approximate surface area is 99.9 Å². The smallest absolute Gasteiger partial charge is 0.274 e. The van der Waals surface area contributed by atoms with Crippen LogP contribution in [0.1, 0.15) is 20.8 Å². The Bertz CT molecular complexity index is 456. The molecule has 0 aliphatic heterocycles. The zero-order valence-electron chi connectivity index (χ0n) is 9.73. The summed E-state index contributed by atoms with van der Waals surface area (Å²) in [7, 11) is 0. The highest BCUT2D eigenvalue weighted by atomic mass is 32.1.